The molecule has 0 spiro atoms. The quantitative estimate of drug-likeness (QED) is 0.412. The summed E-state index contributed by atoms with van der Waals surface area (Å²) in [7, 11) is -11.2. The molecule has 0 aromatic heterocycles. The van der Waals surface area contributed by atoms with Crippen molar-refractivity contribution >= 4 is 70.4 Å². The number of nitrogens with zero attached hydrogens (tertiary/aromatic N) is 1. The van der Waals surface area contributed by atoms with Gasteiger partial charge in [0.1, 0.15) is 0 Å². The molecule has 1 fully saturated rings. The molecular formula is C23H21Cl2N3O7S3. The first kappa shape index (κ1) is 28.3. The smallest absolute Gasteiger partial charge is 0.261 e. The van der Waals surface area contributed by atoms with Crippen LogP contribution in [0.5, 0.6) is 0 Å². The highest BCUT2D eigenvalue weighted by Gasteiger charge is 2.31. The predicted molar refractivity (Wildman–Crippen MR) is 146 cm³/mol. The lowest BCUT2D eigenvalue weighted by molar-refractivity contribution is 0.102. The zero-order valence-electron chi connectivity index (χ0n) is 19.5. The van der Waals surface area contributed by atoms with Gasteiger partial charge in [-0.15, -0.1) is 0 Å². The second-order valence-corrected chi connectivity index (χ2v) is 15.1. The lowest BCUT2D eigenvalue weighted by atomic mass is 10.1. The molecule has 4 rings (SSSR count). The fraction of sp³-hybridized carbons (Fsp3) is 0.174. The third-order valence-corrected chi connectivity index (χ3v) is 11.0. The fourth-order valence-electron chi connectivity index (χ4n) is 3.60. The van der Waals surface area contributed by atoms with E-state index in [2.05, 4.69) is 10.0 Å². The third kappa shape index (κ3) is 6.47. The summed E-state index contributed by atoms with van der Waals surface area (Å²) < 4.78 is 78.1. The number of sulfone groups is 1. The van der Waals surface area contributed by atoms with Gasteiger partial charge in [-0.25, -0.2) is 25.3 Å². The van der Waals surface area contributed by atoms with Gasteiger partial charge in [-0.1, -0.05) is 23.2 Å². The van der Waals surface area contributed by atoms with E-state index in [1.807, 2.05) is 0 Å². The third-order valence-electron chi connectivity index (χ3n) is 5.65. The molecule has 0 atom stereocenters. The average Bonchev–Trinajstić information content (AvgIpc) is 2.85. The Morgan fingerprint density at radius 3 is 1.95 bits per heavy atom. The molecule has 1 saturated heterocycles. The van der Waals surface area contributed by atoms with Gasteiger partial charge in [-0.3, -0.25) is 9.52 Å². The highest BCUT2D eigenvalue weighted by atomic mass is 35.5. The van der Waals surface area contributed by atoms with Crippen molar-refractivity contribution < 1.29 is 30.0 Å². The van der Waals surface area contributed by atoms with Crippen LogP contribution in [0, 0.1) is 0 Å². The Balaban J connectivity index is 1.52. The molecule has 10 nitrogen and oxygen atoms in total. The van der Waals surface area contributed by atoms with Gasteiger partial charge in [0.05, 0.1) is 32.5 Å². The van der Waals surface area contributed by atoms with Crippen molar-refractivity contribution in [1.82, 2.24) is 4.31 Å². The number of hydrogen-bond acceptors (Lipinski definition) is 7. The molecule has 15 heteroatoms. The number of halogens is 2. The minimum absolute atomic E-state index is 0.0268. The van der Waals surface area contributed by atoms with Crippen LogP contribution in [0.3, 0.4) is 0 Å². The summed E-state index contributed by atoms with van der Waals surface area (Å²) in [5.74, 6) is -1.19. The molecule has 1 aliphatic rings. The van der Waals surface area contributed by atoms with Crippen molar-refractivity contribution in [1.29, 1.82) is 0 Å². The van der Waals surface area contributed by atoms with Crippen molar-refractivity contribution in [3.05, 3.63) is 82.3 Å². The monoisotopic (exact) mass is 617 g/mol. The van der Waals surface area contributed by atoms with Crippen molar-refractivity contribution in [2.24, 2.45) is 0 Å². The van der Waals surface area contributed by atoms with E-state index in [1.54, 1.807) is 0 Å². The van der Waals surface area contributed by atoms with E-state index in [9.17, 15) is 30.0 Å². The number of carbonyl (C=O) groups excluding carboxylic acids is 1. The molecule has 0 bridgehead atoms. The zero-order chi connectivity index (χ0) is 27.7. The minimum atomic E-state index is -4.05. The maximum Gasteiger partial charge on any atom is 0.261 e. The number of nitrogens with one attached hydrogen (secondary N) is 2. The summed E-state index contributed by atoms with van der Waals surface area (Å²) in [6.45, 7) is -0.265. The van der Waals surface area contributed by atoms with Gasteiger partial charge in [-0.2, -0.15) is 4.31 Å². The fourth-order valence-corrected chi connectivity index (χ4v) is 7.86. The summed E-state index contributed by atoms with van der Waals surface area (Å²) >= 11 is 11.9. The van der Waals surface area contributed by atoms with Crippen LogP contribution >= 0.6 is 23.2 Å². The van der Waals surface area contributed by atoms with Gasteiger partial charge in [0.2, 0.25) is 10.0 Å². The van der Waals surface area contributed by atoms with Crippen LogP contribution < -0.4 is 10.0 Å². The number of hydrogen-bond donors (Lipinski definition) is 2. The summed E-state index contributed by atoms with van der Waals surface area (Å²) in [4.78, 5) is 12.9. The van der Waals surface area contributed by atoms with E-state index in [0.717, 1.165) is 4.31 Å². The Bertz CT molecular complexity index is 1680. The average molecular weight is 619 g/mol. The first-order valence-electron chi connectivity index (χ1n) is 11.0. The highest BCUT2D eigenvalue weighted by molar-refractivity contribution is 7.93. The second-order valence-electron chi connectivity index (χ2n) is 8.28. The van der Waals surface area contributed by atoms with E-state index in [4.69, 9.17) is 23.2 Å². The van der Waals surface area contributed by atoms with Crippen LogP contribution in [0.2, 0.25) is 10.0 Å². The molecule has 1 amide bonds. The van der Waals surface area contributed by atoms with Crippen LogP contribution in [0.25, 0.3) is 0 Å². The molecule has 202 valence electrons. The Labute approximate surface area is 230 Å². The standard InChI is InChI=1S/C23H21Cl2N3O7S3/c24-16-1-6-19(7-2-16)37(32,33)27-22-10-3-17(25)15-21(22)23(29)26-18-4-8-20(9-5-18)38(34,35)28-11-13-36(30,31)14-12-28/h1-10,15,27H,11-14H2,(H,26,29). The van der Waals surface area contributed by atoms with Crippen molar-refractivity contribution in [3.8, 4) is 0 Å². The van der Waals surface area contributed by atoms with Crippen LogP contribution in [0.1, 0.15) is 10.4 Å². The molecule has 1 aliphatic heterocycles. The number of amides is 1. The van der Waals surface area contributed by atoms with Gasteiger partial charge in [0, 0.05) is 28.8 Å². The molecule has 0 saturated carbocycles. The lowest BCUT2D eigenvalue weighted by Gasteiger charge is -2.26. The maximum atomic E-state index is 13.0. The summed E-state index contributed by atoms with van der Waals surface area (Å²) in [6, 6.07) is 14.8. The Morgan fingerprint density at radius 1 is 0.789 bits per heavy atom. The molecule has 38 heavy (non-hydrogen) atoms. The van der Waals surface area contributed by atoms with E-state index < -0.39 is 35.8 Å². The number of benzene rings is 3. The van der Waals surface area contributed by atoms with E-state index in [0.29, 0.717) is 5.02 Å². The zero-order valence-corrected chi connectivity index (χ0v) is 23.4. The first-order valence-corrected chi connectivity index (χ1v) is 16.5. The molecule has 0 unspecified atom stereocenters. The predicted octanol–water partition coefficient (Wildman–Crippen LogP) is 3.47. The second kappa shape index (κ2) is 10.8. The molecule has 2 N–H and O–H groups in total. The summed E-state index contributed by atoms with van der Waals surface area (Å²) in [5, 5.41) is 3.14. The van der Waals surface area contributed by atoms with Gasteiger partial charge in [0.15, 0.2) is 9.84 Å². The first-order chi connectivity index (χ1) is 17.8. The van der Waals surface area contributed by atoms with E-state index in [1.165, 1.54) is 66.7 Å². The van der Waals surface area contributed by atoms with Crippen molar-refractivity contribution in [2.75, 3.05) is 34.6 Å². The molecule has 0 radical (unpaired) electrons. The topological polar surface area (TPSA) is 147 Å². The maximum absolute atomic E-state index is 13.0. The van der Waals surface area contributed by atoms with Crippen molar-refractivity contribution in [3.63, 3.8) is 0 Å². The van der Waals surface area contributed by atoms with Crippen LogP contribution in [-0.2, 0) is 29.9 Å². The SMILES string of the molecule is O=C(Nc1ccc(S(=O)(=O)N2CCS(=O)(=O)CC2)cc1)c1cc(Cl)ccc1NS(=O)(=O)c1ccc(Cl)cc1. The highest BCUT2D eigenvalue weighted by Crippen LogP contribution is 2.26. The molecular weight excluding hydrogens is 597 g/mol. The minimum Gasteiger partial charge on any atom is -0.322 e. The van der Waals surface area contributed by atoms with Crippen LogP contribution in [-0.4, -0.2) is 60.1 Å². The number of anilines is 2. The lowest BCUT2D eigenvalue weighted by Crippen LogP contribution is -2.43. The normalized spacial score (nSPS) is 16.1. The summed E-state index contributed by atoms with van der Waals surface area (Å²) in [6.07, 6.45) is 0. The van der Waals surface area contributed by atoms with Gasteiger partial charge >= 0.3 is 0 Å². The number of rotatable bonds is 7. The Kier molecular flexibility index (Phi) is 8.07. The van der Waals surface area contributed by atoms with Gasteiger partial charge in [0.25, 0.3) is 15.9 Å². The van der Waals surface area contributed by atoms with E-state index >= 15 is 0 Å². The van der Waals surface area contributed by atoms with Gasteiger partial charge < -0.3 is 5.32 Å². The summed E-state index contributed by atoms with van der Waals surface area (Å²) in [5.41, 5.74) is 0.143. The van der Waals surface area contributed by atoms with Gasteiger partial charge in [-0.05, 0) is 66.7 Å². The largest absolute Gasteiger partial charge is 0.322 e. The van der Waals surface area contributed by atoms with Crippen LogP contribution in [0.15, 0.2) is 76.5 Å². The van der Waals surface area contributed by atoms with Crippen molar-refractivity contribution in [2.45, 2.75) is 9.79 Å². The van der Waals surface area contributed by atoms with Crippen LogP contribution in [0.4, 0.5) is 11.4 Å². The Morgan fingerprint density at radius 2 is 1.34 bits per heavy atom. The molecule has 0 aliphatic carbocycles. The molecule has 1 heterocycles. The van der Waals surface area contributed by atoms with E-state index in [-0.39, 0.29) is 56.3 Å². The molecule has 3 aromatic carbocycles. The Hall–Kier alpha value is -2.68. The number of sulfonamides is 2. The number of carbonyl (C=O) groups is 1. The molecule has 3 aromatic rings.